The van der Waals surface area contributed by atoms with E-state index in [-0.39, 0.29) is 37.5 Å². The lowest BCUT2D eigenvalue weighted by atomic mass is 9.98. The molecule has 33 heavy (non-hydrogen) atoms. The van der Waals surface area contributed by atoms with Crippen molar-refractivity contribution in [3.05, 3.63) is 83.2 Å². The number of amides is 1. The minimum absolute atomic E-state index is 0.190. The topological polar surface area (TPSA) is 38.1 Å². The van der Waals surface area contributed by atoms with Crippen LogP contribution in [0.4, 0.5) is 8.78 Å². The molecule has 2 atom stereocenters. The zero-order valence-electron chi connectivity index (χ0n) is 18.5. The SMILES string of the molecule is CN1C(=O)c2cccc(F)c2C2CC1c1nc3ccc(-c4ccc(P(C)C)cc4F)cc3n12. The highest BCUT2D eigenvalue weighted by Gasteiger charge is 2.44. The maximum absolute atomic E-state index is 15.1. The molecule has 0 aliphatic carbocycles. The zero-order valence-corrected chi connectivity index (χ0v) is 19.4. The second kappa shape index (κ2) is 7.19. The number of benzene rings is 3. The molecule has 0 fully saturated rings. The van der Waals surface area contributed by atoms with Crippen molar-refractivity contribution in [3.63, 3.8) is 0 Å². The van der Waals surface area contributed by atoms with Crippen LogP contribution >= 0.6 is 7.92 Å². The van der Waals surface area contributed by atoms with Gasteiger partial charge in [0.1, 0.15) is 17.5 Å². The van der Waals surface area contributed by atoms with Crippen LogP contribution < -0.4 is 5.30 Å². The summed E-state index contributed by atoms with van der Waals surface area (Å²) in [6.07, 6.45) is 0.568. The fourth-order valence-corrected chi connectivity index (χ4v) is 6.00. The van der Waals surface area contributed by atoms with Gasteiger partial charge in [0.15, 0.2) is 0 Å². The van der Waals surface area contributed by atoms with Gasteiger partial charge in [-0.2, -0.15) is 0 Å². The van der Waals surface area contributed by atoms with Crippen molar-refractivity contribution in [2.45, 2.75) is 18.5 Å². The van der Waals surface area contributed by atoms with E-state index in [4.69, 9.17) is 4.98 Å². The van der Waals surface area contributed by atoms with Gasteiger partial charge in [-0.1, -0.05) is 32.2 Å². The second-order valence-electron chi connectivity index (χ2n) is 8.99. The molecule has 3 heterocycles. The van der Waals surface area contributed by atoms with E-state index in [2.05, 4.69) is 13.3 Å². The molecule has 2 aliphatic rings. The number of nitrogens with zero attached hydrogens (tertiary/aromatic N) is 3. The van der Waals surface area contributed by atoms with Crippen LogP contribution in [0, 0.1) is 11.6 Å². The summed E-state index contributed by atoms with van der Waals surface area (Å²) in [6.45, 7) is 4.20. The van der Waals surface area contributed by atoms with Gasteiger partial charge in [-0.05, 0) is 54.5 Å². The first kappa shape index (κ1) is 20.5. The predicted molar refractivity (Wildman–Crippen MR) is 128 cm³/mol. The Kier molecular flexibility index (Phi) is 4.47. The van der Waals surface area contributed by atoms with Gasteiger partial charge in [0.05, 0.1) is 23.1 Å². The van der Waals surface area contributed by atoms with Crippen LogP contribution in [0.3, 0.4) is 0 Å². The van der Waals surface area contributed by atoms with Crippen molar-refractivity contribution in [1.29, 1.82) is 0 Å². The van der Waals surface area contributed by atoms with Crippen LogP contribution in [0.1, 0.15) is 40.3 Å². The molecule has 2 unspecified atom stereocenters. The van der Waals surface area contributed by atoms with Crippen LogP contribution in [0.25, 0.3) is 22.2 Å². The van der Waals surface area contributed by atoms with Crippen LogP contribution in [-0.4, -0.2) is 40.7 Å². The summed E-state index contributed by atoms with van der Waals surface area (Å²) in [7, 11) is 1.36. The third kappa shape index (κ3) is 2.90. The quantitative estimate of drug-likeness (QED) is 0.372. The Morgan fingerprint density at radius 1 is 0.970 bits per heavy atom. The van der Waals surface area contributed by atoms with E-state index < -0.39 is 0 Å². The van der Waals surface area contributed by atoms with Crippen molar-refractivity contribution < 1.29 is 13.6 Å². The minimum Gasteiger partial charge on any atom is -0.331 e. The highest BCUT2D eigenvalue weighted by molar-refractivity contribution is 7.64. The molecule has 0 spiro atoms. The smallest absolute Gasteiger partial charge is 0.254 e. The van der Waals surface area contributed by atoms with Crippen molar-refractivity contribution in [2.24, 2.45) is 0 Å². The summed E-state index contributed by atoms with van der Waals surface area (Å²) in [4.78, 5) is 19.5. The van der Waals surface area contributed by atoms with E-state index in [1.54, 1.807) is 30.1 Å². The van der Waals surface area contributed by atoms with Gasteiger partial charge in [-0.25, -0.2) is 13.8 Å². The van der Waals surface area contributed by atoms with Gasteiger partial charge in [0.25, 0.3) is 5.91 Å². The Morgan fingerprint density at radius 2 is 1.79 bits per heavy atom. The van der Waals surface area contributed by atoms with E-state index in [1.807, 2.05) is 34.9 Å². The first-order chi connectivity index (χ1) is 15.8. The second-order valence-corrected chi connectivity index (χ2v) is 11.3. The van der Waals surface area contributed by atoms with Crippen molar-refractivity contribution >= 4 is 30.2 Å². The fraction of sp³-hybridized carbons (Fsp3) is 0.231. The molecule has 7 heteroatoms. The number of hydrogen-bond acceptors (Lipinski definition) is 2. The van der Waals surface area contributed by atoms with Crippen LogP contribution in [-0.2, 0) is 0 Å². The Bertz CT molecular complexity index is 1460. The summed E-state index contributed by atoms with van der Waals surface area (Å²) in [5, 5.41) is 1.02. The molecule has 0 saturated carbocycles. The lowest BCUT2D eigenvalue weighted by Gasteiger charge is -2.23. The monoisotopic (exact) mass is 461 g/mol. The number of halogens is 2. The fourth-order valence-electron chi connectivity index (χ4n) is 5.25. The molecular formula is C26H22F2N3OP. The molecule has 2 aliphatic heterocycles. The van der Waals surface area contributed by atoms with E-state index in [0.717, 1.165) is 27.7 Å². The Balaban J connectivity index is 1.56. The van der Waals surface area contributed by atoms with Gasteiger partial charge in [-0.3, -0.25) is 4.79 Å². The third-order valence-corrected chi connectivity index (χ3v) is 8.27. The highest BCUT2D eigenvalue weighted by atomic mass is 31.1. The van der Waals surface area contributed by atoms with Crippen LogP contribution in [0.5, 0.6) is 0 Å². The largest absolute Gasteiger partial charge is 0.331 e. The normalized spacial score (nSPS) is 19.2. The summed E-state index contributed by atoms with van der Waals surface area (Å²) in [6, 6.07) is 15.2. The average Bonchev–Trinajstić information content (AvgIpc) is 3.31. The van der Waals surface area contributed by atoms with Crippen LogP contribution in [0.15, 0.2) is 54.6 Å². The molecule has 2 bridgehead atoms. The van der Waals surface area contributed by atoms with Crippen molar-refractivity contribution in [1.82, 2.24) is 14.5 Å². The number of aromatic nitrogens is 2. The van der Waals surface area contributed by atoms with E-state index in [9.17, 15) is 4.79 Å². The molecule has 3 aromatic carbocycles. The summed E-state index contributed by atoms with van der Waals surface area (Å²) in [5.74, 6) is -0.0789. The first-order valence-corrected chi connectivity index (χ1v) is 13.1. The molecule has 1 amide bonds. The summed E-state index contributed by atoms with van der Waals surface area (Å²) < 4.78 is 32.1. The first-order valence-electron chi connectivity index (χ1n) is 10.9. The number of fused-ring (bicyclic) bond motifs is 9. The molecule has 0 N–H and O–H groups in total. The standard InChI is InChI=1S/C26H22F2N3OP/c1-30-23-13-22(24-17(26(30)32)5-4-6-18(24)27)31-21-11-14(7-10-20(21)29-25(23)31)16-9-8-15(33(2)3)12-19(16)28/h4-12,22-23H,13H2,1-3H3. The number of imidazole rings is 1. The molecule has 1 aromatic heterocycles. The third-order valence-electron chi connectivity index (χ3n) is 6.96. The molecule has 166 valence electrons. The zero-order chi connectivity index (χ0) is 23.0. The van der Waals surface area contributed by atoms with Gasteiger partial charge < -0.3 is 9.47 Å². The number of rotatable bonds is 2. The summed E-state index contributed by atoms with van der Waals surface area (Å²) in [5.41, 5.74) is 3.67. The van der Waals surface area contributed by atoms with Gasteiger partial charge in [0.2, 0.25) is 0 Å². The van der Waals surface area contributed by atoms with E-state index >= 15 is 8.78 Å². The highest BCUT2D eigenvalue weighted by Crippen LogP contribution is 2.48. The number of carbonyl (C=O) groups excluding carboxylic acids is 1. The van der Waals surface area contributed by atoms with E-state index in [0.29, 0.717) is 23.1 Å². The average molecular weight is 461 g/mol. The minimum atomic E-state index is -0.386. The van der Waals surface area contributed by atoms with Crippen molar-refractivity contribution in [3.8, 4) is 11.1 Å². The molecular weight excluding hydrogens is 439 g/mol. The van der Waals surface area contributed by atoms with Crippen molar-refractivity contribution in [2.75, 3.05) is 20.4 Å². The summed E-state index contributed by atoms with van der Waals surface area (Å²) >= 11 is 0. The molecule has 0 radical (unpaired) electrons. The maximum Gasteiger partial charge on any atom is 0.254 e. The van der Waals surface area contributed by atoms with E-state index in [1.165, 1.54) is 6.07 Å². The molecule has 4 aromatic rings. The predicted octanol–water partition coefficient (Wildman–Crippen LogP) is 5.47. The molecule has 6 rings (SSSR count). The molecule has 0 saturated heterocycles. The Labute approximate surface area is 191 Å². The van der Waals surface area contributed by atoms with Gasteiger partial charge in [0, 0.05) is 30.2 Å². The number of hydrogen-bond donors (Lipinski definition) is 0. The lowest BCUT2D eigenvalue weighted by Crippen LogP contribution is -2.30. The van der Waals surface area contributed by atoms with Gasteiger partial charge in [-0.15, -0.1) is 0 Å². The Morgan fingerprint density at radius 3 is 2.55 bits per heavy atom. The lowest BCUT2D eigenvalue weighted by molar-refractivity contribution is 0.0734. The Hall–Kier alpha value is -3.11. The molecule has 4 nitrogen and oxygen atoms in total. The number of carbonyl (C=O) groups is 1. The maximum atomic E-state index is 15.1. The van der Waals surface area contributed by atoms with Crippen LogP contribution in [0.2, 0.25) is 0 Å². The van der Waals surface area contributed by atoms with Gasteiger partial charge >= 0.3 is 0 Å².